The molecule has 1 aromatic carbocycles. The van der Waals surface area contributed by atoms with Crippen LogP contribution in [-0.4, -0.2) is 33.4 Å². The standard InChI is InChI=1S/C34H50O6S/c1-7-25-29-20-23(40-41(37,38)24-11-8-21(2)9-12-24)16-18-34(29,5)28-17-19-33(4)26(22(3)10-15-30(35)39-6)13-14-27(33)31(28)32(25)36/h8-9,11-12,22-23,25-29,31H,7,10,13-20H2,1-6H3/t22-,23-,25-,26-,27?,28?,29+,31?,33-,34-/m1/s1. The summed E-state index contributed by atoms with van der Waals surface area (Å²) in [5.74, 6) is 2.16. The molecule has 0 saturated heterocycles. The fourth-order valence-electron chi connectivity index (χ4n) is 10.3. The molecule has 41 heavy (non-hydrogen) atoms. The first kappa shape index (κ1) is 30.7. The van der Waals surface area contributed by atoms with Crippen LogP contribution in [0.3, 0.4) is 0 Å². The fourth-order valence-corrected chi connectivity index (χ4v) is 11.4. The fraction of sp³-hybridized carbons (Fsp3) is 0.765. The van der Waals surface area contributed by atoms with Crippen molar-refractivity contribution in [3.05, 3.63) is 29.8 Å². The molecule has 0 aromatic heterocycles. The molecule has 228 valence electrons. The highest BCUT2D eigenvalue weighted by molar-refractivity contribution is 7.86. The SMILES string of the molecule is CC[C@H]1C(=O)C2C3CC[C@H]([C@H](C)CCC(=O)OC)[C@@]3(C)CCC2[C@@]2(C)CC[C@@H](OS(=O)(=O)c3ccc(C)cc3)C[C@@H]12. The van der Waals surface area contributed by atoms with E-state index in [9.17, 15) is 18.0 Å². The lowest BCUT2D eigenvalue weighted by molar-refractivity contribution is -0.172. The number of hydrogen-bond donors (Lipinski definition) is 0. The Balaban J connectivity index is 1.35. The molecule has 0 heterocycles. The van der Waals surface area contributed by atoms with E-state index in [0.717, 1.165) is 50.5 Å². The van der Waals surface area contributed by atoms with Crippen LogP contribution in [0.4, 0.5) is 0 Å². The molecule has 4 fully saturated rings. The Morgan fingerprint density at radius 2 is 1.66 bits per heavy atom. The molecular weight excluding hydrogens is 536 g/mol. The topological polar surface area (TPSA) is 86.7 Å². The van der Waals surface area contributed by atoms with Crippen LogP contribution in [0.1, 0.15) is 97.5 Å². The summed E-state index contributed by atoms with van der Waals surface area (Å²) in [6.07, 6.45) is 8.34. The maximum absolute atomic E-state index is 14.4. The van der Waals surface area contributed by atoms with Gasteiger partial charge in [0.1, 0.15) is 5.78 Å². The van der Waals surface area contributed by atoms with Crippen LogP contribution < -0.4 is 0 Å². The molecule has 0 bridgehead atoms. The minimum Gasteiger partial charge on any atom is -0.469 e. The largest absolute Gasteiger partial charge is 0.469 e. The van der Waals surface area contributed by atoms with Crippen molar-refractivity contribution in [1.82, 2.24) is 0 Å². The van der Waals surface area contributed by atoms with Gasteiger partial charge in [-0.15, -0.1) is 0 Å². The zero-order valence-electron chi connectivity index (χ0n) is 25.9. The van der Waals surface area contributed by atoms with Gasteiger partial charge < -0.3 is 4.74 Å². The van der Waals surface area contributed by atoms with E-state index < -0.39 is 16.2 Å². The highest BCUT2D eigenvalue weighted by atomic mass is 32.2. The second kappa shape index (κ2) is 11.4. The summed E-state index contributed by atoms with van der Waals surface area (Å²) >= 11 is 0. The van der Waals surface area contributed by atoms with Gasteiger partial charge in [-0.2, -0.15) is 8.42 Å². The van der Waals surface area contributed by atoms with Gasteiger partial charge in [-0.1, -0.05) is 45.4 Å². The molecule has 6 nitrogen and oxygen atoms in total. The van der Waals surface area contributed by atoms with E-state index in [-0.39, 0.29) is 39.4 Å². The average molecular weight is 587 g/mol. The first-order chi connectivity index (χ1) is 19.4. The van der Waals surface area contributed by atoms with E-state index in [1.165, 1.54) is 7.11 Å². The molecule has 0 radical (unpaired) electrons. The van der Waals surface area contributed by atoms with Crippen molar-refractivity contribution in [2.75, 3.05) is 7.11 Å². The summed E-state index contributed by atoms with van der Waals surface area (Å²) in [6, 6.07) is 6.83. The molecule has 3 unspecified atom stereocenters. The van der Waals surface area contributed by atoms with Crippen LogP contribution in [0.5, 0.6) is 0 Å². The lowest BCUT2D eigenvalue weighted by Gasteiger charge is -2.62. The molecule has 10 atom stereocenters. The number of aryl methyl sites for hydroxylation is 1. The van der Waals surface area contributed by atoms with Crippen molar-refractivity contribution >= 4 is 21.9 Å². The Bertz CT molecular complexity index is 1240. The Morgan fingerprint density at radius 3 is 2.32 bits per heavy atom. The summed E-state index contributed by atoms with van der Waals surface area (Å²) in [7, 11) is -2.40. The Labute approximate surface area is 247 Å². The number of Topliss-reactive ketones (excluding diaryl/α,β-unsaturated/α-hetero) is 1. The number of carbonyl (C=O) groups is 2. The number of methoxy groups -OCH3 is 1. The highest BCUT2D eigenvalue weighted by Crippen LogP contribution is 2.68. The first-order valence-electron chi connectivity index (χ1n) is 16.0. The monoisotopic (exact) mass is 586 g/mol. The zero-order chi connectivity index (χ0) is 29.7. The summed E-state index contributed by atoms with van der Waals surface area (Å²) in [4.78, 5) is 26.5. The Hall–Kier alpha value is -1.73. The van der Waals surface area contributed by atoms with Crippen LogP contribution in [0, 0.1) is 59.2 Å². The smallest absolute Gasteiger partial charge is 0.305 e. The molecule has 5 rings (SSSR count). The van der Waals surface area contributed by atoms with Gasteiger partial charge in [0.2, 0.25) is 0 Å². The first-order valence-corrected chi connectivity index (χ1v) is 17.4. The van der Waals surface area contributed by atoms with E-state index in [1.54, 1.807) is 24.3 Å². The van der Waals surface area contributed by atoms with Crippen molar-refractivity contribution in [1.29, 1.82) is 0 Å². The normalized spacial score (nSPS) is 39.4. The predicted molar refractivity (Wildman–Crippen MR) is 158 cm³/mol. The van der Waals surface area contributed by atoms with E-state index in [0.29, 0.717) is 48.7 Å². The van der Waals surface area contributed by atoms with Gasteiger partial charge in [-0.3, -0.25) is 13.8 Å². The van der Waals surface area contributed by atoms with Crippen molar-refractivity contribution in [2.45, 2.75) is 110 Å². The van der Waals surface area contributed by atoms with Gasteiger partial charge in [-0.25, -0.2) is 0 Å². The number of carbonyl (C=O) groups excluding carboxylic acids is 2. The summed E-state index contributed by atoms with van der Waals surface area (Å²) in [5.41, 5.74) is 1.14. The van der Waals surface area contributed by atoms with Crippen molar-refractivity contribution in [2.24, 2.45) is 52.3 Å². The molecule has 0 N–H and O–H groups in total. The number of esters is 1. The maximum Gasteiger partial charge on any atom is 0.305 e. The van der Waals surface area contributed by atoms with Gasteiger partial charge in [0.15, 0.2) is 0 Å². The van der Waals surface area contributed by atoms with E-state index in [4.69, 9.17) is 8.92 Å². The average Bonchev–Trinajstić information content (AvgIpc) is 3.29. The Kier molecular flexibility index (Phi) is 8.55. The molecule has 0 amide bonds. The number of ketones is 1. The zero-order valence-corrected chi connectivity index (χ0v) is 26.7. The van der Waals surface area contributed by atoms with E-state index in [1.807, 2.05) is 6.92 Å². The number of fused-ring (bicyclic) bond motifs is 5. The third-order valence-electron chi connectivity index (χ3n) is 12.5. The molecule has 4 saturated carbocycles. The van der Waals surface area contributed by atoms with Crippen molar-refractivity contribution < 1.29 is 26.9 Å². The third kappa shape index (κ3) is 5.32. The summed E-state index contributed by atoms with van der Waals surface area (Å²) < 4.78 is 37.0. The van der Waals surface area contributed by atoms with Crippen molar-refractivity contribution in [3.8, 4) is 0 Å². The highest BCUT2D eigenvalue weighted by Gasteiger charge is 2.65. The summed E-state index contributed by atoms with van der Waals surface area (Å²) in [5, 5.41) is 0. The third-order valence-corrected chi connectivity index (χ3v) is 13.8. The van der Waals surface area contributed by atoms with Gasteiger partial charge in [0.25, 0.3) is 10.1 Å². The van der Waals surface area contributed by atoms with Crippen LogP contribution >= 0.6 is 0 Å². The van der Waals surface area contributed by atoms with Crippen LogP contribution in [0.2, 0.25) is 0 Å². The molecular formula is C34H50O6S. The second-order valence-electron chi connectivity index (χ2n) is 14.3. The lowest BCUT2D eigenvalue weighted by Crippen LogP contribution is -2.60. The molecule has 4 aliphatic carbocycles. The Morgan fingerprint density at radius 1 is 1.00 bits per heavy atom. The molecule has 4 aliphatic rings. The number of rotatable bonds is 8. The molecule has 0 spiro atoms. The van der Waals surface area contributed by atoms with Crippen LogP contribution in [0.15, 0.2) is 29.2 Å². The minimum atomic E-state index is -3.86. The lowest BCUT2D eigenvalue weighted by atomic mass is 9.42. The van der Waals surface area contributed by atoms with Gasteiger partial charge in [0.05, 0.1) is 18.1 Å². The maximum atomic E-state index is 14.4. The van der Waals surface area contributed by atoms with Gasteiger partial charge in [0, 0.05) is 18.3 Å². The van der Waals surface area contributed by atoms with Crippen LogP contribution in [-0.2, 0) is 28.6 Å². The van der Waals surface area contributed by atoms with Crippen LogP contribution in [0.25, 0.3) is 0 Å². The molecule has 0 aliphatic heterocycles. The number of hydrogen-bond acceptors (Lipinski definition) is 6. The molecule has 1 aromatic rings. The predicted octanol–water partition coefficient (Wildman–Crippen LogP) is 7.13. The number of benzene rings is 1. The van der Waals surface area contributed by atoms with Crippen molar-refractivity contribution in [3.63, 3.8) is 0 Å². The second-order valence-corrected chi connectivity index (χ2v) is 15.9. The quantitative estimate of drug-likeness (QED) is 0.238. The summed E-state index contributed by atoms with van der Waals surface area (Å²) in [6.45, 7) is 11.2. The van der Waals surface area contributed by atoms with E-state index in [2.05, 4.69) is 27.7 Å². The van der Waals surface area contributed by atoms with Gasteiger partial charge >= 0.3 is 5.97 Å². The minimum absolute atomic E-state index is 0.0165. The van der Waals surface area contributed by atoms with Gasteiger partial charge in [-0.05, 0) is 117 Å². The molecule has 7 heteroatoms. The van der Waals surface area contributed by atoms with E-state index >= 15 is 0 Å². The number of ether oxygens (including phenoxy) is 1.